The molecule has 0 aromatic heterocycles. The van der Waals surface area contributed by atoms with Gasteiger partial charge >= 0.3 is 255 Å². The summed E-state index contributed by atoms with van der Waals surface area (Å²) in [5.74, 6) is 0.716. The summed E-state index contributed by atoms with van der Waals surface area (Å²) < 4.78 is 35.8. The van der Waals surface area contributed by atoms with Crippen LogP contribution in [0, 0.1) is 41.5 Å². The Morgan fingerprint density at radius 3 is 1.65 bits per heavy atom. The molecule has 0 saturated carbocycles. The predicted octanol–water partition coefficient (Wildman–Crippen LogP) is 0.126. The molecular weight excluding hydrogens is 690 g/mol. The molecule has 1 fully saturated rings. The number of aryl methyl sites for hydroxylation is 6. The summed E-state index contributed by atoms with van der Waals surface area (Å²) in [5.41, 5.74) is 11.1. The molecule has 1 aliphatic heterocycles. The second kappa shape index (κ2) is 14.9. The van der Waals surface area contributed by atoms with Crippen LogP contribution in [0.25, 0.3) is 0 Å². The molecule has 0 spiro atoms. The summed E-state index contributed by atoms with van der Waals surface area (Å²) in [7, 11) is -0.443. The van der Waals surface area contributed by atoms with Crippen molar-refractivity contribution in [3.05, 3.63) is 81.4 Å². The molecule has 43 heavy (non-hydrogen) atoms. The molecule has 0 N–H and O–H groups in total. The van der Waals surface area contributed by atoms with Crippen LogP contribution >= 0.6 is 0 Å². The zero-order chi connectivity index (χ0) is 30.2. The van der Waals surface area contributed by atoms with Gasteiger partial charge in [0.2, 0.25) is 0 Å². The third-order valence-corrected chi connectivity index (χ3v) is 11.6. The number of sulfonamides is 1. The molecule has 4 rings (SSSR count). The fourth-order valence-corrected chi connectivity index (χ4v) is 9.28. The monoisotopic (exact) mass is 734 g/mol. The molecule has 6 nitrogen and oxygen atoms in total. The van der Waals surface area contributed by atoms with E-state index in [9.17, 15) is 8.42 Å². The molecular formula is C33H44Cl2N3O3RuS. The minimum Gasteiger partial charge on any atom is -1.00 e. The normalized spacial score (nSPS) is 14.0. The van der Waals surface area contributed by atoms with Gasteiger partial charge in [-0.3, -0.25) is 0 Å². The number of benzene rings is 3. The smallest absolute Gasteiger partial charge is 1.00 e. The van der Waals surface area contributed by atoms with Crippen molar-refractivity contribution in [1.82, 2.24) is 4.31 Å². The van der Waals surface area contributed by atoms with Crippen LogP contribution in [0.1, 0.15) is 52.8 Å². The van der Waals surface area contributed by atoms with E-state index in [-0.39, 0.29) is 57.2 Å². The second-order valence-electron chi connectivity index (χ2n) is 11.6. The first-order valence-electron chi connectivity index (χ1n) is 14.0. The first-order chi connectivity index (χ1) is 19.2. The molecule has 1 aliphatic rings. The fraction of sp³-hybridized carbons (Fsp3) is 0.424. The number of hydrogen-bond donors (Lipinski definition) is 0. The predicted molar refractivity (Wildman–Crippen MR) is 168 cm³/mol. The molecule has 1 saturated heterocycles. The van der Waals surface area contributed by atoms with Crippen molar-refractivity contribution in [1.29, 1.82) is 0 Å². The zero-order valence-electron chi connectivity index (χ0n) is 26.8. The Balaban J connectivity index is 0.00000323. The summed E-state index contributed by atoms with van der Waals surface area (Å²) >= 11 is -0.386. The van der Waals surface area contributed by atoms with Crippen LogP contribution in [0.5, 0.6) is 5.75 Å². The Morgan fingerprint density at radius 1 is 0.814 bits per heavy atom. The third kappa shape index (κ3) is 8.01. The maximum Gasteiger partial charge on any atom is -1.00 e. The molecule has 0 radical (unpaired) electrons. The number of nitrogens with zero attached hydrogens (tertiary/aromatic N) is 3. The third-order valence-electron chi connectivity index (χ3n) is 7.32. The molecule has 0 atom stereocenters. The van der Waals surface area contributed by atoms with Gasteiger partial charge < -0.3 is 24.8 Å². The molecule has 0 bridgehead atoms. The van der Waals surface area contributed by atoms with Crippen molar-refractivity contribution in [2.45, 2.75) is 71.1 Å². The molecule has 0 aliphatic carbocycles. The van der Waals surface area contributed by atoms with E-state index in [0.29, 0.717) is 5.75 Å². The maximum absolute atomic E-state index is 13.0. The van der Waals surface area contributed by atoms with Gasteiger partial charge in [-0.15, -0.1) is 0 Å². The van der Waals surface area contributed by atoms with Crippen molar-refractivity contribution < 1.29 is 54.6 Å². The summed E-state index contributed by atoms with van der Waals surface area (Å²) in [4.78, 5) is 5.42. The second-order valence-corrected chi connectivity index (χ2v) is 15.7. The van der Waals surface area contributed by atoms with Crippen LogP contribution in [0.3, 0.4) is 0 Å². The Labute approximate surface area is 278 Å². The van der Waals surface area contributed by atoms with E-state index < -0.39 is 10.0 Å². The van der Waals surface area contributed by atoms with Gasteiger partial charge in [0, 0.05) is 0 Å². The van der Waals surface area contributed by atoms with E-state index in [4.69, 9.17) is 4.74 Å². The van der Waals surface area contributed by atoms with E-state index in [1.165, 1.54) is 49.1 Å². The maximum atomic E-state index is 13.0. The summed E-state index contributed by atoms with van der Waals surface area (Å²) in [6, 6.07) is 14.3. The van der Waals surface area contributed by atoms with Gasteiger partial charge in [-0.2, -0.15) is 0 Å². The molecule has 0 unspecified atom stereocenters. The SMILES string of the molecule is Cc1cc(C)c(N2CCN(c3c(C)cc(C)cc3C)[CH]2/[Ru+2]=[CH]/c2cc(S(=O)(=O)N(C)C)ccc2OC(C)C)c(C)c1.[Cl-].[Cl-]. The number of rotatable bonds is 8. The van der Waals surface area contributed by atoms with Crippen molar-refractivity contribution >= 4 is 26.0 Å². The van der Waals surface area contributed by atoms with E-state index >= 15 is 0 Å². The van der Waals surface area contributed by atoms with Gasteiger partial charge in [0.25, 0.3) is 0 Å². The number of hydrogen-bond acceptors (Lipinski definition) is 5. The largest absolute Gasteiger partial charge is 1.00 e. The van der Waals surface area contributed by atoms with E-state index in [2.05, 4.69) is 80.2 Å². The number of ether oxygens (including phenoxy) is 1. The van der Waals surface area contributed by atoms with Crippen molar-refractivity contribution in [3.63, 3.8) is 0 Å². The van der Waals surface area contributed by atoms with Crippen LogP contribution in [-0.4, -0.2) is 55.4 Å². The molecule has 0 amide bonds. The minimum atomic E-state index is -3.57. The molecule has 237 valence electrons. The van der Waals surface area contributed by atoms with Crippen molar-refractivity contribution in [2.24, 2.45) is 0 Å². The molecule has 1 heterocycles. The quantitative estimate of drug-likeness (QED) is 0.309. The van der Waals surface area contributed by atoms with Crippen LogP contribution in [0.4, 0.5) is 11.4 Å². The fourth-order valence-electron chi connectivity index (χ4n) is 5.85. The van der Waals surface area contributed by atoms with E-state index in [1.54, 1.807) is 32.3 Å². The first-order valence-corrected chi connectivity index (χ1v) is 17.5. The van der Waals surface area contributed by atoms with Gasteiger partial charge in [0.15, 0.2) is 0 Å². The first kappa shape index (κ1) is 37.2. The zero-order valence-corrected chi connectivity index (χ0v) is 30.8. The Kier molecular flexibility index (Phi) is 12.9. The van der Waals surface area contributed by atoms with Gasteiger partial charge in [-0.05, 0) is 0 Å². The molecule has 3 aromatic rings. The van der Waals surface area contributed by atoms with Crippen LogP contribution < -0.4 is 39.4 Å². The summed E-state index contributed by atoms with van der Waals surface area (Å²) in [6.07, 6.45) is -0.0237. The van der Waals surface area contributed by atoms with Crippen molar-refractivity contribution in [3.8, 4) is 5.75 Å². The van der Waals surface area contributed by atoms with Crippen LogP contribution in [0.15, 0.2) is 47.4 Å². The number of halogens is 2. The summed E-state index contributed by atoms with van der Waals surface area (Å²) in [5, 5.41) is 0. The van der Waals surface area contributed by atoms with E-state index in [0.717, 1.165) is 18.7 Å². The van der Waals surface area contributed by atoms with Gasteiger partial charge in [0.05, 0.1) is 0 Å². The Morgan fingerprint density at radius 2 is 1.26 bits per heavy atom. The minimum absolute atomic E-state index is 0. The van der Waals surface area contributed by atoms with Gasteiger partial charge in [-0.25, -0.2) is 0 Å². The average molecular weight is 735 g/mol. The molecule has 3 aromatic carbocycles. The van der Waals surface area contributed by atoms with E-state index in [1.807, 2.05) is 13.8 Å². The van der Waals surface area contributed by atoms with Gasteiger partial charge in [0.1, 0.15) is 0 Å². The summed E-state index contributed by atoms with van der Waals surface area (Å²) in [6.45, 7) is 19.0. The standard InChI is InChI=1S/C21H27N2.C12H17NO3S.2ClH.Ru/c1-14-9-16(3)20(17(4)10-14)22-7-8-23(13-22)21-18(5)11-15(2)12-19(21)6;1-9(2)16-12-7-6-11(8-10(12)3)17(14,15)13(4)5;;;/h9-13H,7-8H2,1-6H3;3,6-9H,1-2,4-5H3;2*1H;/q;;;;+2/p-2. The number of anilines is 2. The Bertz CT molecular complexity index is 1480. The molecule has 10 heteroatoms. The van der Waals surface area contributed by atoms with Crippen molar-refractivity contribution in [2.75, 3.05) is 37.0 Å². The van der Waals surface area contributed by atoms with Gasteiger partial charge in [-0.1, -0.05) is 0 Å². The van der Waals surface area contributed by atoms with Crippen LogP contribution in [0.2, 0.25) is 0 Å². The topological polar surface area (TPSA) is 53.1 Å². The Hall–Kier alpha value is -1.96. The average Bonchev–Trinajstić information content (AvgIpc) is 3.24. The van der Waals surface area contributed by atoms with Crippen LogP contribution in [-0.2, 0) is 26.7 Å².